The van der Waals surface area contributed by atoms with Crippen molar-refractivity contribution in [2.45, 2.75) is 19.3 Å². The number of nitrogens with zero attached hydrogens (tertiary/aromatic N) is 2. The summed E-state index contributed by atoms with van der Waals surface area (Å²) < 4.78 is 0. The maximum atomic E-state index is 11.1. The topological polar surface area (TPSA) is 53.4 Å². The van der Waals surface area contributed by atoms with Gasteiger partial charge in [0.05, 0.1) is 11.1 Å². The average Bonchev–Trinajstić information content (AvgIpc) is 2.68. The first-order chi connectivity index (χ1) is 12.7. The predicted octanol–water partition coefficient (Wildman–Crippen LogP) is 4.39. The van der Waals surface area contributed by atoms with Gasteiger partial charge in [-0.05, 0) is 61.1 Å². The number of rotatable bonds is 4. The lowest BCUT2D eigenvalue weighted by atomic mass is 9.89. The Morgan fingerprint density at radius 1 is 1.04 bits per heavy atom. The molecule has 0 saturated carbocycles. The highest BCUT2D eigenvalue weighted by Gasteiger charge is 2.21. The first-order valence-corrected chi connectivity index (χ1v) is 9.12. The highest BCUT2D eigenvalue weighted by Crippen LogP contribution is 2.26. The second kappa shape index (κ2) is 7.16. The number of fused-ring (bicyclic) bond motifs is 1. The van der Waals surface area contributed by atoms with Crippen LogP contribution in [0.5, 0.6) is 0 Å². The molecule has 0 spiro atoms. The maximum Gasteiger partial charge on any atom is 0.335 e. The third-order valence-electron chi connectivity index (χ3n) is 5.22. The van der Waals surface area contributed by atoms with Crippen molar-refractivity contribution in [2.24, 2.45) is 5.92 Å². The second-order valence-electron chi connectivity index (χ2n) is 7.00. The Morgan fingerprint density at radius 3 is 2.65 bits per heavy atom. The van der Waals surface area contributed by atoms with Gasteiger partial charge in [-0.1, -0.05) is 30.3 Å². The van der Waals surface area contributed by atoms with Gasteiger partial charge in [0.2, 0.25) is 0 Å². The van der Waals surface area contributed by atoms with Crippen LogP contribution in [0.1, 0.15) is 28.8 Å². The van der Waals surface area contributed by atoms with Gasteiger partial charge >= 0.3 is 5.97 Å². The normalized spacial score (nSPS) is 15.3. The SMILES string of the molecule is O=C(O)c1cccc(CC2CCN(c3ccc4ccccc4n3)CC2)c1. The number of hydrogen-bond acceptors (Lipinski definition) is 3. The molecule has 1 aromatic heterocycles. The van der Waals surface area contributed by atoms with Gasteiger partial charge in [-0.2, -0.15) is 0 Å². The number of carboxylic acid groups (broad SMARTS) is 1. The van der Waals surface area contributed by atoms with Crippen LogP contribution in [-0.4, -0.2) is 29.1 Å². The third-order valence-corrected chi connectivity index (χ3v) is 5.22. The van der Waals surface area contributed by atoms with E-state index < -0.39 is 5.97 Å². The maximum absolute atomic E-state index is 11.1. The minimum atomic E-state index is -0.857. The molecule has 132 valence electrons. The van der Waals surface area contributed by atoms with E-state index in [1.54, 1.807) is 12.1 Å². The summed E-state index contributed by atoms with van der Waals surface area (Å²) in [5.74, 6) is 0.787. The molecule has 4 heteroatoms. The monoisotopic (exact) mass is 346 g/mol. The van der Waals surface area contributed by atoms with Crippen LogP contribution in [0.3, 0.4) is 0 Å². The molecule has 1 N–H and O–H groups in total. The van der Waals surface area contributed by atoms with Crippen molar-refractivity contribution in [3.63, 3.8) is 0 Å². The van der Waals surface area contributed by atoms with E-state index in [9.17, 15) is 4.79 Å². The number of carboxylic acids is 1. The molecule has 0 amide bonds. The van der Waals surface area contributed by atoms with Crippen LogP contribution in [0.2, 0.25) is 0 Å². The van der Waals surface area contributed by atoms with Crippen LogP contribution < -0.4 is 4.90 Å². The van der Waals surface area contributed by atoms with Gasteiger partial charge in [0.25, 0.3) is 0 Å². The van der Waals surface area contributed by atoms with Crippen molar-refractivity contribution < 1.29 is 9.90 Å². The summed E-state index contributed by atoms with van der Waals surface area (Å²) in [7, 11) is 0. The smallest absolute Gasteiger partial charge is 0.335 e. The zero-order valence-corrected chi connectivity index (χ0v) is 14.6. The molecule has 0 unspecified atom stereocenters. The summed E-state index contributed by atoms with van der Waals surface area (Å²) in [6, 6.07) is 19.8. The number of benzene rings is 2. The molecule has 26 heavy (non-hydrogen) atoms. The lowest BCUT2D eigenvalue weighted by molar-refractivity contribution is 0.0696. The molecule has 1 aliphatic heterocycles. The van der Waals surface area contributed by atoms with Crippen LogP contribution in [0, 0.1) is 5.92 Å². The number of pyridine rings is 1. The Balaban J connectivity index is 1.40. The minimum Gasteiger partial charge on any atom is -0.478 e. The molecule has 3 aromatic rings. The van der Waals surface area contributed by atoms with Crippen LogP contribution in [0.15, 0.2) is 60.7 Å². The van der Waals surface area contributed by atoms with Crippen LogP contribution in [-0.2, 0) is 6.42 Å². The summed E-state index contributed by atoms with van der Waals surface area (Å²) in [5, 5.41) is 10.3. The fraction of sp³-hybridized carbons (Fsp3) is 0.273. The number of carbonyl (C=O) groups is 1. The lowest BCUT2D eigenvalue weighted by Gasteiger charge is -2.33. The van der Waals surface area contributed by atoms with Crippen molar-refractivity contribution >= 4 is 22.7 Å². The van der Waals surface area contributed by atoms with Crippen molar-refractivity contribution in [3.8, 4) is 0 Å². The number of aromatic nitrogens is 1. The third kappa shape index (κ3) is 3.54. The molecule has 1 saturated heterocycles. The Bertz CT molecular complexity index is 930. The van der Waals surface area contributed by atoms with E-state index in [1.165, 1.54) is 5.39 Å². The van der Waals surface area contributed by atoms with Crippen molar-refractivity contribution in [1.82, 2.24) is 4.98 Å². The first kappa shape index (κ1) is 16.6. The molecule has 2 aromatic carbocycles. The van der Waals surface area contributed by atoms with E-state index >= 15 is 0 Å². The highest BCUT2D eigenvalue weighted by atomic mass is 16.4. The van der Waals surface area contributed by atoms with Gasteiger partial charge in [0.1, 0.15) is 5.82 Å². The molecule has 2 heterocycles. The van der Waals surface area contributed by atoms with Crippen LogP contribution in [0.4, 0.5) is 5.82 Å². The van der Waals surface area contributed by atoms with Gasteiger partial charge in [-0.25, -0.2) is 9.78 Å². The van der Waals surface area contributed by atoms with E-state index in [1.807, 2.05) is 24.3 Å². The number of anilines is 1. The zero-order chi connectivity index (χ0) is 17.9. The highest BCUT2D eigenvalue weighted by molar-refractivity contribution is 5.87. The lowest BCUT2D eigenvalue weighted by Crippen LogP contribution is -2.34. The van der Waals surface area contributed by atoms with Crippen molar-refractivity contribution in [1.29, 1.82) is 0 Å². The Kier molecular flexibility index (Phi) is 4.57. The van der Waals surface area contributed by atoms with E-state index in [2.05, 4.69) is 29.2 Å². The molecular weight excluding hydrogens is 324 g/mol. The van der Waals surface area contributed by atoms with Crippen LogP contribution >= 0.6 is 0 Å². The predicted molar refractivity (Wildman–Crippen MR) is 104 cm³/mol. The number of hydrogen-bond donors (Lipinski definition) is 1. The van der Waals surface area contributed by atoms with Crippen molar-refractivity contribution in [2.75, 3.05) is 18.0 Å². The first-order valence-electron chi connectivity index (χ1n) is 9.12. The summed E-state index contributed by atoms with van der Waals surface area (Å²) in [4.78, 5) is 18.3. The van der Waals surface area contributed by atoms with Crippen molar-refractivity contribution in [3.05, 3.63) is 71.8 Å². The Morgan fingerprint density at radius 2 is 1.85 bits per heavy atom. The van der Waals surface area contributed by atoms with Gasteiger partial charge in [-0.3, -0.25) is 0 Å². The summed E-state index contributed by atoms with van der Waals surface area (Å²) >= 11 is 0. The van der Waals surface area contributed by atoms with Crippen LogP contribution in [0.25, 0.3) is 10.9 Å². The molecule has 0 bridgehead atoms. The number of aromatic carboxylic acids is 1. The fourth-order valence-electron chi connectivity index (χ4n) is 3.76. The summed E-state index contributed by atoms with van der Waals surface area (Å²) in [6.07, 6.45) is 3.15. The van der Waals surface area contributed by atoms with E-state index in [0.717, 1.165) is 49.2 Å². The number of para-hydroxylation sites is 1. The molecule has 0 aliphatic carbocycles. The molecule has 0 atom stereocenters. The molecule has 1 aliphatic rings. The fourth-order valence-corrected chi connectivity index (χ4v) is 3.76. The standard InChI is InChI=1S/C22H22N2O2/c25-22(26)19-6-3-4-17(15-19)14-16-10-12-24(13-11-16)21-9-8-18-5-1-2-7-20(18)23-21/h1-9,15-16H,10-14H2,(H,25,26). The Hall–Kier alpha value is -2.88. The van der Waals surface area contributed by atoms with E-state index in [-0.39, 0.29) is 0 Å². The van der Waals surface area contributed by atoms with E-state index in [0.29, 0.717) is 11.5 Å². The molecular formula is C22H22N2O2. The second-order valence-corrected chi connectivity index (χ2v) is 7.00. The summed E-state index contributed by atoms with van der Waals surface area (Å²) in [6.45, 7) is 1.99. The summed E-state index contributed by atoms with van der Waals surface area (Å²) in [5.41, 5.74) is 2.53. The molecule has 0 radical (unpaired) electrons. The number of piperidine rings is 1. The molecule has 1 fully saturated rings. The molecule has 4 rings (SSSR count). The van der Waals surface area contributed by atoms with E-state index in [4.69, 9.17) is 10.1 Å². The largest absolute Gasteiger partial charge is 0.478 e. The molecule has 4 nitrogen and oxygen atoms in total. The quantitative estimate of drug-likeness (QED) is 0.761. The average molecular weight is 346 g/mol. The Labute approximate surface area is 153 Å². The van der Waals surface area contributed by atoms with Gasteiger partial charge in [-0.15, -0.1) is 0 Å². The minimum absolute atomic E-state index is 0.375. The van der Waals surface area contributed by atoms with Gasteiger partial charge in [0.15, 0.2) is 0 Å². The van der Waals surface area contributed by atoms with Gasteiger partial charge in [0, 0.05) is 18.5 Å². The van der Waals surface area contributed by atoms with Gasteiger partial charge < -0.3 is 10.0 Å². The zero-order valence-electron chi connectivity index (χ0n) is 14.6.